The lowest BCUT2D eigenvalue weighted by atomic mass is 10.2. The maximum atomic E-state index is 11.6. The highest BCUT2D eigenvalue weighted by Gasteiger charge is 2.27. The summed E-state index contributed by atoms with van der Waals surface area (Å²) in [7, 11) is -2.91. The van der Waals surface area contributed by atoms with E-state index >= 15 is 0 Å². The minimum Gasteiger partial charge on any atom is -0.372 e. The predicted octanol–water partition coefficient (Wildman–Crippen LogP) is 2.42. The van der Waals surface area contributed by atoms with E-state index in [1.807, 2.05) is 12.1 Å². The first-order valence-corrected chi connectivity index (χ1v) is 10.8. The molecule has 138 valence electrons. The summed E-state index contributed by atoms with van der Waals surface area (Å²) in [6, 6.07) is 10.1. The molecule has 2 aromatic rings. The second kappa shape index (κ2) is 7.11. The van der Waals surface area contributed by atoms with Gasteiger partial charge in [0.1, 0.15) is 18.0 Å². The summed E-state index contributed by atoms with van der Waals surface area (Å²) in [4.78, 5) is 10.8. The van der Waals surface area contributed by atoms with Crippen molar-refractivity contribution in [1.29, 1.82) is 0 Å². The molecule has 26 heavy (non-hydrogen) atoms. The second-order valence-corrected chi connectivity index (χ2v) is 9.13. The Kier molecular flexibility index (Phi) is 4.67. The summed E-state index contributed by atoms with van der Waals surface area (Å²) >= 11 is 0. The second-order valence-electron chi connectivity index (χ2n) is 6.90. The van der Waals surface area contributed by atoms with Crippen LogP contribution in [0.3, 0.4) is 0 Å². The number of rotatable bonds is 5. The van der Waals surface area contributed by atoms with Crippen LogP contribution in [0.15, 0.2) is 36.7 Å². The lowest BCUT2D eigenvalue weighted by Gasteiger charge is -2.18. The monoisotopic (exact) mass is 373 g/mol. The molecule has 0 saturated carbocycles. The number of sulfone groups is 1. The standard InChI is InChI=1S/C18H23N5O2S/c24-26(25)10-7-15(12-26)22-18-11-17(19-13-20-18)21-14-3-5-16(6-4-14)23-8-1-2-9-23/h3-6,11,13,15H,1-2,7-10,12H2,(H2,19,20,21,22). The highest BCUT2D eigenvalue weighted by Crippen LogP contribution is 2.24. The van der Waals surface area contributed by atoms with Gasteiger partial charge in [-0.25, -0.2) is 18.4 Å². The van der Waals surface area contributed by atoms with E-state index < -0.39 is 9.84 Å². The maximum absolute atomic E-state index is 11.6. The quantitative estimate of drug-likeness (QED) is 0.832. The van der Waals surface area contributed by atoms with Crippen molar-refractivity contribution < 1.29 is 8.42 Å². The van der Waals surface area contributed by atoms with Crippen LogP contribution in [-0.2, 0) is 9.84 Å². The van der Waals surface area contributed by atoms with Crippen molar-refractivity contribution in [2.45, 2.75) is 25.3 Å². The first-order valence-electron chi connectivity index (χ1n) is 8.98. The molecule has 0 aliphatic carbocycles. The summed E-state index contributed by atoms with van der Waals surface area (Å²) in [5, 5.41) is 6.47. The van der Waals surface area contributed by atoms with Gasteiger partial charge in [-0.05, 0) is 43.5 Å². The number of nitrogens with one attached hydrogen (secondary N) is 2. The zero-order valence-corrected chi connectivity index (χ0v) is 15.4. The number of hydrogen-bond acceptors (Lipinski definition) is 7. The highest BCUT2D eigenvalue weighted by atomic mass is 32.2. The molecule has 0 bridgehead atoms. The van der Waals surface area contributed by atoms with E-state index in [9.17, 15) is 8.42 Å². The highest BCUT2D eigenvalue weighted by molar-refractivity contribution is 7.91. The number of aromatic nitrogens is 2. The van der Waals surface area contributed by atoms with E-state index in [1.54, 1.807) is 6.07 Å². The molecule has 1 atom stereocenters. The number of anilines is 4. The topological polar surface area (TPSA) is 87.2 Å². The van der Waals surface area contributed by atoms with Gasteiger partial charge >= 0.3 is 0 Å². The maximum Gasteiger partial charge on any atom is 0.152 e. The Labute approximate surface area is 153 Å². The normalized spacial score (nSPS) is 21.7. The van der Waals surface area contributed by atoms with Crippen molar-refractivity contribution >= 4 is 32.8 Å². The van der Waals surface area contributed by atoms with Gasteiger partial charge in [-0.15, -0.1) is 0 Å². The first-order chi connectivity index (χ1) is 12.6. The van der Waals surface area contributed by atoms with E-state index in [0.29, 0.717) is 18.1 Å². The Balaban J connectivity index is 1.40. The van der Waals surface area contributed by atoms with Crippen molar-refractivity contribution in [2.24, 2.45) is 0 Å². The summed E-state index contributed by atoms with van der Waals surface area (Å²) in [6.45, 7) is 2.26. The van der Waals surface area contributed by atoms with Gasteiger partial charge in [-0.1, -0.05) is 0 Å². The van der Waals surface area contributed by atoms with Crippen LogP contribution in [-0.4, -0.2) is 49.0 Å². The number of nitrogens with zero attached hydrogens (tertiary/aromatic N) is 3. The fourth-order valence-electron chi connectivity index (χ4n) is 3.50. The van der Waals surface area contributed by atoms with Crippen LogP contribution in [0, 0.1) is 0 Å². The Hall–Kier alpha value is -2.35. The summed E-state index contributed by atoms with van der Waals surface area (Å²) in [5.74, 6) is 1.72. The smallest absolute Gasteiger partial charge is 0.152 e. The largest absolute Gasteiger partial charge is 0.372 e. The molecule has 2 aliphatic rings. The Bertz CT molecular complexity index is 863. The predicted molar refractivity (Wildman–Crippen MR) is 104 cm³/mol. The lowest BCUT2D eigenvalue weighted by molar-refractivity contribution is 0.602. The zero-order valence-electron chi connectivity index (χ0n) is 14.6. The van der Waals surface area contributed by atoms with E-state index in [2.05, 4.69) is 37.6 Å². The molecule has 0 amide bonds. The SMILES string of the molecule is O=S1(=O)CCC(Nc2cc(Nc3ccc(N4CCCC4)cc3)ncn2)C1. The van der Waals surface area contributed by atoms with Crippen molar-refractivity contribution in [3.8, 4) is 0 Å². The third-order valence-corrected chi connectivity index (χ3v) is 6.63. The molecule has 1 aromatic heterocycles. The minimum absolute atomic E-state index is 0.0810. The third-order valence-electron chi connectivity index (χ3n) is 4.86. The van der Waals surface area contributed by atoms with Crippen LogP contribution < -0.4 is 15.5 Å². The molecular weight excluding hydrogens is 350 g/mol. The zero-order chi connectivity index (χ0) is 18.0. The minimum atomic E-state index is -2.91. The molecule has 4 rings (SSSR count). The van der Waals surface area contributed by atoms with Gasteiger partial charge < -0.3 is 15.5 Å². The molecule has 1 unspecified atom stereocenters. The first kappa shape index (κ1) is 17.1. The summed E-state index contributed by atoms with van der Waals surface area (Å²) < 4.78 is 23.1. The average molecular weight is 373 g/mol. The average Bonchev–Trinajstić information content (AvgIpc) is 3.26. The molecule has 2 saturated heterocycles. The van der Waals surface area contributed by atoms with Gasteiger partial charge in [0.15, 0.2) is 9.84 Å². The van der Waals surface area contributed by atoms with Crippen LogP contribution in [0.4, 0.5) is 23.0 Å². The molecule has 7 nitrogen and oxygen atoms in total. The Morgan fingerprint density at radius 1 is 1.04 bits per heavy atom. The molecule has 2 fully saturated rings. The van der Waals surface area contributed by atoms with Crippen LogP contribution in [0.5, 0.6) is 0 Å². The van der Waals surface area contributed by atoms with Crippen LogP contribution in [0.25, 0.3) is 0 Å². The van der Waals surface area contributed by atoms with E-state index in [-0.39, 0.29) is 17.5 Å². The van der Waals surface area contributed by atoms with Crippen molar-refractivity contribution in [2.75, 3.05) is 40.1 Å². The van der Waals surface area contributed by atoms with Crippen LogP contribution >= 0.6 is 0 Å². The van der Waals surface area contributed by atoms with E-state index in [0.717, 1.165) is 18.8 Å². The van der Waals surface area contributed by atoms with Gasteiger partial charge in [-0.2, -0.15) is 0 Å². The lowest BCUT2D eigenvalue weighted by Crippen LogP contribution is -2.21. The van der Waals surface area contributed by atoms with Gasteiger partial charge in [0.2, 0.25) is 0 Å². The third kappa shape index (κ3) is 4.07. The van der Waals surface area contributed by atoms with Gasteiger partial charge in [-0.3, -0.25) is 0 Å². The van der Waals surface area contributed by atoms with Crippen LogP contribution in [0.2, 0.25) is 0 Å². The van der Waals surface area contributed by atoms with Gasteiger partial charge in [0, 0.05) is 36.6 Å². The Morgan fingerprint density at radius 3 is 2.46 bits per heavy atom. The number of benzene rings is 1. The fraction of sp³-hybridized carbons (Fsp3) is 0.444. The van der Waals surface area contributed by atoms with Gasteiger partial charge in [0.05, 0.1) is 11.5 Å². The molecule has 2 aliphatic heterocycles. The van der Waals surface area contributed by atoms with Crippen molar-refractivity contribution in [3.05, 3.63) is 36.7 Å². The van der Waals surface area contributed by atoms with Crippen molar-refractivity contribution in [3.63, 3.8) is 0 Å². The van der Waals surface area contributed by atoms with Crippen LogP contribution in [0.1, 0.15) is 19.3 Å². The Morgan fingerprint density at radius 2 is 1.77 bits per heavy atom. The summed E-state index contributed by atoms with van der Waals surface area (Å²) in [5.41, 5.74) is 2.21. The number of hydrogen-bond donors (Lipinski definition) is 2. The van der Waals surface area contributed by atoms with E-state index in [1.165, 1.54) is 24.9 Å². The van der Waals surface area contributed by atoms with Gasteiger partial charge in [0.25, 0.3) is 0 Å². The molecule has 0 radical (unpaired) electrons. The molecule has 0 spiro atoms. The molecule has 2 N–H and O–H groups in total. The summed E-state index contributed by atoms with van der Waals surface area (Å²) in [6.07, 6.45) is 4.62. The van der Waals surface area contributed by atoms with Crippen molar-refractivity contribution in [1.82, 2.24) is 9.97 Å². The van der Waals surface area contributed by atoms with E-state index in [4.69, 9.17) is 0 Å². The fourth-order valence-corrected chi connectivity index (χ4v) is 5.17. The molecular formula is C18H23N5O2S. The molecule has 8 heteroatoms. The molecule has 3 heterocycles. The molecule has 1 aromatic carbocycles.